The molecule has 2 unspecified atom stereocenters. The molecule has 0 amide bonds. The molecule has 1 aliphatic carbocycles. The van der Waals surface area contributed by atoms with Crippen molar-refractivity contribution in [2.45, 2.75) is 77.7 Å². The molecule has 2 fully saturated rings. The van der Waals surface area contributed by atoms with Crippen LogP contribution in [0.4, 0.5) is 0 Å². The number of nitrogens with zero attached hydrogens (tertiary/aromatic N) is 2. The second kappa shape index (κ2) is 11.3. The molecule has 0 aromatic carbocycles. The van der Waals surface area contributed by atoms with E-state index in [0.717, 1.165) is 18.3 Å². The lowest BCUT2D eigenvalue weighted by Gasteiger charge is -2.35. The van der Waals surface area contributed by atoms with E-state index in [9.17, 15) is 0 Å². The molecule has 0 spiro atoms. The van der Waals surface area contributed by atoms with Crippen LogP contribution in [0.2, 0.25) is 0 Å². The van der Waals surface area contributed by atoms with Crippen LogP contribution in [0.25, 0.3) is 0 Å². The molecule has 3 rings (SSSR count). The normalized spacial score (nSPS) is 31.8. The summed E-state index contributed by atoms with van der Waals surface area (Å²) in [5.74, 6) is 2.56. The summed E-state index contributed by atoms with van der Waals surface area (Å²) in [6.45, 7) is 6.66. The zero-order chi connectivity index (χ0) is 19.8. The highest BCUT2D eigenvalue weighted by Gasteiger charge is 2.31. The van der Waals surface area contributed by atoms with Gasteiger partial charge in [0.2, 0.25) is 0 Å². The monoisotopic (exact) mass is 402 g/mol. The second-order valence-corrected chi connectivity index (χ2v) is 9.48. The molecule has 4 heteroatoms. The molecule has 1 saturated heterocycles. The van der Waals surface area contributed by atoms with E-state index in [2.05, 4.69) is 50.4 Å². The molecule has 0 bridgehead atoms. The summed E-state index contributed by atoms with van der Waals surface area (Å²) >= 11 is 0. The van der Waals surface area contributed by atoms with Crippen LogP contribution in [-0.4, -0.2) is 29.6 Å². The summed E-state index contributed by atoms with van der Waals surface area (Å²) in [5, 5.41) is 4.54. The highest BCUT2D eigenvalue weighted by atomic mass is 31.0. The van der Waals surface area contributed by atoms with E-state index >= 15 is 0 Å². The van der Waals surface area contributed by atoms with Crippen molar-refractivity contribution in [3.63, 3.8) is 0 Å². The molecule has 2 aliphatic heterocycles. The highest BCUT2D eigenvalue weighted by Crippen LogP contribution is 2.37. The number of oxime groups is 1. The molecule has 2 atom stereocenters. The Labute approximate surface area is 174 Å². The molecule has 0 radical (unpaired) electrons. The van der Waals surface area contributed by atoms with Crippen molar-refractivity contribution in [1.29, 1.82) is 0 Å². The lowest BCUT2D eigenvalue weighted by Crippen LogP contribution is -2.31. The van der Waals surface area contributed by atoms with Gasteiger partial charge in [0.25, 0.3) is 0 Å². The topological polar surface area (TPSA) is 24.8 Å². The average molecular weight is 403 g/mol. The second-order valence-electron chi connectivity index (χ2n) is 8.75. The Morgan fingerprint density at radius 1 is 1.00 bits per heavy atom. The predicted octanol–water partition coefficient (Wildman–Crippen LogP) is 6.30. The minimum atomic E-state index is 0.108. The van der Waals surface area contributed by atoms with Gasteiger partial charge >= 0.3 is 0 Å². The third kappa shape index (κ3) is 6.04. The maximum Gasteiger partial charge on any atom is 0.157 e. The molecular weight excluding hydrogens is 363 g/mol. The fraction of sp³-hybridized carbons (Fsp3) is 0.708. The first-order valence-electron chi connectivity index (χ1n) is 11.4. The number of hydrogen-bond donors (Lipinski definition) is 0. The van der Waals surface area contributed by atoms with E-state index in [4.69, 9.17) is 4.84 Å². The Balaban J connectivity index is 1.47. The van der Waals surface area contributed by atoms with Crippen molar-refractivity contribution in [3.05, 3.63) is 36.0 Å². The molecule has 156 valence electrons. The van der Waals surface area contributed by atoms with Crippen LogP contribution >= 0.6 is 9.39 Å². The molecule has 3 nitrogen and oxygen atoms in total. The smallest absolute Gasteiger partial charge is 0.157 e. The Hall–Kier alpha value is -0.920. The van der Waals surface area contributed by atoms with Crippen molar-refractivity contribution in [1.82, 2.24) is 4.67 Å². The molecule has 1 saturated carbocycles. The molecule has 2 heterocycles. The summed E-state index contributed by atoms with van der Waals surface area (Å²) < 4.78 is 2.41. The van der Waals surface area contributed by atoms with E-state index in [1.165, 1.54) is 75.7 Å². The first kappa shape index (κ1) is 21.8. The van der Waals surface area contributed by atoms with E-state index < -0.39 is 0 Å². The Bertz CT molecular complexity index is 592. The molecule has 0 N–H and O–H groups in total. The molecule has 3 aliphatic rings. The third-order valence-electron chi connectivity index (χ3n) is 6.96. The van der Waals surface area contributed by atoms with Gasteiger partial charge in [0, 0.05) is 25.4 Å². The fourth-order valence-corrected chi connectivity index (χ4v) is 5.52. The van der Waals surface area contributed by atoms with E-state index in [1.807, 2.05) is 13.0 Å². The van der Waals surface area contributed by atoms with Crippen LogP contribution < -0.4 is 0 Å². The summed E-state index contributed by atoms with van der Waals surface area (Å²) in [4.78, 5) is 5.84. The van der Waals surface area contributed by atoms with Crippen molar-refractivity contribution in [2.24, 2.45) is 22.9 Å². The van der Waals surface area contributed by atoms with Crippen molar-refractivity contribution >= 4 is 15.1 Å². The third-order valence-corrected chi connectivity index (χ3v) is 7.47. The van der Waals surface area contributed by atoms with Crippen LogP contribution in [0.3, 0.4) is 0 Å². The Morgan fingerprint density at radius 2 is 1.68 bits per heavy atom. The van der Waals surface area contributed by atoms with Crippen LogP contribution in [0.15, 0.2) is 41.1 Å². The van der Waals surface area contributed by atoms with Crippen molar-refractivity contribution in [3.8, 4) is 0 Å². The van der Waals surface area contributed by atoms with Crippen LogP contribution in [-0.2, 0) is 4.84 Å². The van der Waals surface area contributed by atoms with Gasteiger partial charge in [0.15, 0.2) is 6.10 Å². The van der Waals surface area contributed by atoms with Crippen molar-refractivity contribution < 1.29 is 4.84 Å². The standard InChI is InChI=1S/C24H39N2OP/c1-3-5-6-9-19(4-2)24-18-23(25-27-24)22-12-7-10-20(11-8-13-22)21-14-16-26(28)17-15-21/h3-6,9,20-22,24H,7-8,10-18,28H2,1-2H3/b5-3-,9-6-,19-4+. The zero-order valence-corrected chi connectivity index (χ0v) is 19.0. The zero-order valence-electron chi connectivity index (χ0n) is 17.9. The largest absolute Gasteiger partial charge is 0.387 e. The lowest BCUT2D eigenvalue weighted by molar-refractivity contribution is 0.113. The maximum atomic E-state index is 5.84. The highest BCUT2D eigenvalue weighted by molar-refractivity contribution is 7.13. The minimum absolute atomic E-state index is 0.108. The molecular formula is C24H39N2OP. The van der Waals surface area contributed by atoms with Gasteiger partial charge < -0.3 is 4.84 Å². The number of hydrogen-bond acceptors (Lipinski definition) is 3. The van der Waals surface area contributed by atoms with Gasteiger partial charge in [-0.25, -0.2) is 0 Å². The Kier molecular flexibility index (Phi) is 8.80. The minimum Gasteiger partial charge on any atom is -0.387 e. The van der Waals surface area contributed by atoms with Gasteiger partial charge in [0.1, 0.15) is 0 Å². The molecule has 28 heavy (non-hydrogen) atoms. The summed E-state index contributed by atoms with van der Waals surface area (Å²) in [7, 11) is 2.88. The number of piperidine rings is 1. The van der Waals surface area contributed by atoms with Gasteiger partial charge in [-0.3, -0.25) is 4.67 Å². The van der Waals surface area contributed by atoms with E-state index in [1.54, 1.807) is 0 Å². The SMILES string of the molecule is C\C=C/C=C\C(=C/C)C1CC(C2CCCC(C3CCN(P)CC3)CCC2)=NO1. The average Bonchev–Trinajstić information content (AvgIpc) is 3.16. The summed E-state index contributed by atoms with van der Waals surface area (Å²) in [6.07, 6.45) is 22.5. The quantitative estimate of drug-likeness (QED) is 0.398. The molecule has 0 aromatic heterocycles. The van der Waals surface area contributed by atoms with Gasteiger partial charge in [0.05, 0.1) is 5.71 Å². The van der Waals surface area contributed by atoms with E-state index in [0.29, 0.717) is 5.92 Å². The number of allylic oxidation sites excluding steroid dienone is 4. The van der Waals surface area contributed by atoms with E-state index in [-0.39, 0.29) is 6.10 Å². The maximum absolute atomic E-state index is 5.84. The number of rotatable bonds is 5. The fourth-order valence-electron chi connectivity index (χ4n) is 5.22. The van der Waals surface area contributed by atoms with Crippen LogP contribution in [0, 0.1) is 17.8 Å². The van der Waals surface area contributed by atoms with Crippen LogP contribution in [0.5, 0.6) is 0 Å². The first-order chi connectivity index (χ1) is 13.7. The van der Waals surface area contributed by atoms with Gasteiger partial charge in [-0.15, -0.1) is 0 Å². The predicted molar refractivity (Wildman–Crippen MR) is 123 cm³/mol. The lowest BCUT2D eigenvalue weighted by atomic mass is 9.75. The van der Waals surface area contributed by atoms with Crippen molar-refractivity contribution in [2.75, 3.05) is 13.1 Å². The first-order valence-corrected chi connectivity index (χ1v) is 11.9. The van der Waals surface area contributed by atoms with Crippen LogP contribution in [0.1, 0.15) is 71.6 Å². The van der Waals surface area contributed by atoms with Gasteiger partial charge in [-0.1, -0.05) is 70.6 Å². The summed E-state index contributed by atoms with van der Waals surface area (Å²) in [5.41, 5.74) is 2.56. The van der Waals surface area contributed by atoms with Gasteiger partial charge in [-0.05, 0) is 56.9 Å². The molecule has 0 aromatic rings. The Morgan fingerprint density at radius 3 is 2.32 bits per heavy atom. The summed E-state index contributed by atoms with van der Waals surface area (Å²) in [6, 6.07) is 0. The van der Waals surface area contributed by atoms with Gasteiger partial charge in [-0.2, -0.15) is 0 Å².